The molecule has 5 rings (SSSR count). The number of anilines is 1. The number of carbonyl (C=O) groups excluding carboxylic acids is 2. The highest BCUT2D eigenvalue weighted by molar-refractivity contribution is 6.06. The van der Waals surface area contributed by atoms with Crippen LogP contribution in [0.15, 0.2) is 78.9 Å². The first-order valence-electron chi connectivity index (χ1n) is 11.2. The molecule has 0 aliphatic carbocycles. The third kappa shape index (κ3) is 3.99. The number of esters is 1. The number of para-hydroxylation sites is 2. The molecule has 0 unspecified atom stereocenters. The van der Waals surface area contributed by atoms with Crippen LogP contribution < -0.4 is 9.64 Å². The van der Waals surface area contributed by atoms with Crippen molar-refractivity contribution in [2.45, 2.75) is 19.4 Å². The maximum absolute atomic E-state index is 13.1. The molecule has 1 aromatic heterocycles. The summed E-state index contributed by atoms with van der Waals surface area (Å²) < 4.78 is 10.8. The molecular formula is C28H24N2O4. The fraction of sp³-hybridized carbons (Fsp3) is 0.179. The van der Waals surface area contributed by atoms with Crippen LogP contribution >= 0.6 is 0 Å². The van der Waals surface area contributed by atoms with Crippen LogP contribution in [-0.4, -0.2) is 36.6 Å². The first-order chi connectivity index (χ1) is 16.5. The zero-order valence-electron chi connectivity index (χ0n) is 19.0. The molecule has 0 bridgehead atoms. The van der Waals surface area contributed by atoms with Gasteiger partial charge in [-0.2, -0.15) is 0 Å². The highest BCUT2D eigenvalue weighted by atomic mass is 16.5. The number of carbonyl (C=O) groups is 2. The van der Waals surface area contributed by atoms with E-state index in [-0.39, 0.29) is 18.6 Å². The van der Waals surface area contributed by atoms with E-state index in [1.54, 1.807) is 18.1 Å². The van der Waals surface area contributed by atoms with Crippen molar-refractivity contribution in [3.05, 3.63) is 90.0 Å². The van der Waals surface area contributed by atoms with Gasteiger partial charge in [-0.1, -0.05) is 36.4 Å². The number of fused-ring (bicyclic) bond motifs is 2. The first-order valence-corrected chi connectivity index (χ1v) is 11.2. The van der Waals surface area contributed by atoms with E-state index in [1.807, 2.05) is 79.7 Å². The molecule has 2 heterocycles. The molecule has 6 nitrogen and oxygen atoms in total. The molecule has 0 N–H and O–H groups in total. The highest BCUT2D eigenvalue weighted by Gasteiger charge is 2.31. The third-order valence-electron chi connectivity index (χ3n) is 6.12. The Morgan fingerprint density at radius 1 is 1.00 bits per heavy atom. The van der Waals surface area contributed by atoms with Crippen molar-refractivity contribution >= 4 is 28.5 Å². The summed E-state index contributed by atoms with van der Waals surface area (Å²) in [7, 11) is 1.61. The second kappa shape index (κ2) is 8.98. The number of hydrogen-bond donors (Lipinski definition) is 0. The van der Waals surface area contributed by atoms with E-state index < -0.39 is 5.97 Å². The molecule has 6 heteroatoms. The molecule has 0 spiro atoms. The van der Waals surface area contributed by atoms with Gasteiger partial charge in [0.1, 0.15) is 5.75 Å². The Balaban J connectivity index is 1.41. The van der Waals surface area contributed by atoms with E-state index >= 15 is 0 Å². The van der Waals surface area contributed by atoms with Crippen molar-refractivity contribution in [1.29, 1.82) is 0 Å². The van der Waals surface area contributed by atoms with E-state index in [0.29, 0.717) is 22.2 Å². The molecule has 0 saturated heterocycles. The predicted octanol–water partition coefficient (Wildman–Crippen LogP) is 5.05. The van der Waals surface area contributed by atoms with Crippen LogP contribution in [0.25, 0.3) is 22.2 Å². The molecular weight excluding hydrogens is 428 g/mol. The van der Waals surface area contributed by atoms with E-state index in [9.17, 15) is 9.59 Å². The molecule has 34 heavy (non-hydrogen) atoms. The molecule has 1 aliphatic heterocycles. The average Bonchev–Trinajstić information content (AvgIpc) is 3.22. The second-order valence-corrected chi connectivity index (χ2v) is 8.32. The number of rotatable bonds is 5. The van der Waals surface area contributed by atoms with Gasteiger partial charge in [0.15, 0.2) is 6.61 Å². The summed E-state index contributed by atoms with van der Waals surface area (Å²) in [6.07, 6.45) is 0.788. The van der Waals surface area contributed by atoms with Crippen molar-refractivity contribution in [2.75, 3.05) is 18.6 Å². The highest BCUT2D eigenvalue weighted by Crippen LogP contribution is 2.32. The monoisotopic (exact) mass is 452 g/mol. The van der Waals surface area contributed by atoms with Gasteiger partial charge < -0.3 is 14.4 Å². The van der Waals surface area contributed by atoms with E-state index in [1.165, 1.54) is 0 Å². The lowest BCUT2D eigenvalue weighted by atomic mass is 10.0. The quantitative estimate of drug-likeness (QED) is 0.397. The second-order valence-electron chi connectivity index (χ2n) is 8.32. The minimum Gasteiger partial charge on any atom is -0.497 e. The topological polar surface area (TPSA) is 68.7 Å². The number of amides is 1. The molecule has 0 radical (unpaired) electrons. The van der Waals surface area contributed by atoms with Crippen molar-refractivity contribution in [2.24, 2.45) is 0 Å². The van der Waals surface area contributed by atoms with E-state index in [2.05, 4.69) is 0 Å². The van der Waals surface area contributed by atoms with Crippen LogP contribution in [0.4, 0.5) is 5.69 Å². The SMILES string of the molecule is COc1ccc(-c2cc(C(=O)OCC(=O)N3c4ccccc4C[C@H]3C)c3ccccc3n2)cc1. The lowest BCUT2D eigenvalue weighted by Gasteiger charge is -2.22. The molecule has 1 atom stereocenters. The lowest BCUT2D eigenvalue weighted by Crippen LogP contribution is -2.38. The molecule has 1 amide bonds. The minimum absolute atomic E-state index is 0.0204. The van der Waals surface area contributed by atoms with Crippen LogP contribution in [-0.2, 0) is 16.0 Å². The Bertz CT molecular complexity index is 1380. The molecule has 170 valence electrons. The van der Waals surface area contributed by atoms with Crippen molar-refractivity contribution in [1.82, 2.24) is 4.98 Å². The van der Waals surface area contributed by atoms with Gasteiger partial charge in [-0.3, -0.25) is 4.79 Å². The van der Waals surface area contributed by atoms with E-state index in [4.69, 9.17) is 14.5 Å². The zero-order chi connectivity index (χ0) is 23.7. The Hall–Kier alpha value is -4.19. The molecule has 0 saturated carbocycles. The smallest absolute Gasteiger partial charge is 0.339 e. The van der Waals surface area contributed by atoms with Crippen LogP contribution in [0.5, 0.6) is 5.75 Å². The lowest BCUT2D eigenvalue weighted by molar-refractivity contribution is -0.122. The maximum atomic E-state index is 13.1. The van der Waals surface area contributed by atoms with E-state index in [0.717, 1.165) is 29.0 Å². The van der Waals surface area contributed by atoms with Crippen molar-refractivity contribution in [3.63, 3.8) is 0 Å². The zero-order valence-corrected chi connectivity index (χ0v) is 19.0. The third-order valence-corrected chi connectivity index (χ3v) is 6.12. The van der Waals surface area contributed by atoms with Gasteiger partial charge in [-0.05, 0) is 61.4 Å². The minimum atomic E-state index is -0.554. The van der Waals surface area contributed by atoms with Gasteiger partial charge >= 0.3 is 5.97 Å². The number of methoxy groups -OCH3 is 1. The fourth-order valence-corrected chi connectivity index (χ4v) is 4.47. The molecule has 4 aromatic rings. The van der Waals surface area contributed by atoms with Crippen LogP contribution in [0, 0.1) is 0 Å². The summed E-state index contributed by atoms with van der Waals surface area (Å²) in [5.74, 6) is -0.0539. The fourth-order valence-electron chi connectivity index (χ4n) is 4.47. The number of pyridine rings is 1. The molecule has 0 fully saturated rings. The predicted molar refractivity (Wildman–Crippen MR) is 131 cm³/mol. The Labute approximate surface area is 197 Å². The molecule has 1 aliphatic rings. The molecule has 3 aromatic carbocycles. The summed E-state index contributed by atoms with van der Waals surface area (Å²) in [4.78, 5) is 32.6. The standard InChI is InChI=1S/C28H24N2O4/c1-18-15-20-7-3-6-10-26(20)30(18)27(31)17-34-28(32)23-16-25(19-11-13-21(33-2)14-12-19)29-24-9-5-4-8-22(23)24/h3-14,16,18H,15,17H2,1-2H3/t18-/m1/s1. The maximum Gasteiger partial charge on any atom is 0.339 e. The van der Waals surface area contributed by atoms with Gasteiger partial charge in [0.25, 0.3) is 5.91 Å². The Morgan fingerprint density at radius 2 is 1.74 bits per heavy atom. The number of ether oxygens (including phenoxy) is 2. The first kappa shape index (κ1) is 21.6. The summed E-state index contributed by atoms with van der Waals surface area (Å²) in [6.45, 7) is 1.67. The summed E-state index contributed by atoms with van der Waals surface area (Å²) in [5, 5.41) is 0.678. The Kier molecular flexibility index (Phi) is 5.72. The average molecular weight is 453 g/mol. The summed E-state index contributed by atoms with van der Waals surface area (Å²) >= 11 is 0. The van der Waals surface area contributed by atoms with Gasteiger partial charge in [0, 0.05) is 22.7 Å². The summed E-state index contributed by atoms with van der Waals surface area (Å²) in [6, 6.07) is 24.4. The van der Waals surface area contributed by atoms with Gasteiger partial charge in [-0.25, -0.2) is 9.78 Å². The van der Waals surface area contributed by atoms with Crippen LogP contribution in [0.1, 0.15) is 22.8 Å². The largest absolute Gasteiger partial charge is 0.497 e. The number of aromatic nitrogens is 1. The number of hydrogen-bond acceptors (Lipinski definition) is 5. The van der Waals surface area contributed by atoms with Crippen LogP contribution in [0.2, 0.25) is 0 Å². The summed E-state index contributed by atoms with van der Waals surface area (Å²) in [5.41, 5.74) is 4.54. The normalized spacial score (nSPS) is 14.6. The van der Waals surface area contributed by atoms with Crippen molar-refractivity contribution < 1.29 is 19.1 Å². The Morgan fingerprint density at radius 3 is 2.53 bits per heavy atom. The van der Waals surface area contributed by atoms with Crippen LogP contribution in [0.3, 0.4) is 0 Å². The van der Waals surface area contributed by atoms with Crippen molar-refractivity contribution in [3.8, 4) is 17.0 Å². The number of nitrogens with zero attached hydrogens (tertiary/aromatic N) is 2. The van der Waals surface area contributed by atoms with Gasteiger partial charge in [0.2, 0.25) is 0 Å². The van der Waals surface area contributed by atoms with Gasteiger partial charge in [0.05, 0.1) is 23.9 Å². The van der Waals surface area contributed by atoms with Gasteiger partial charge in [-0.15, -0.1) is 0 Å². The number of benzene rings is 3.